The number of rotatable bonds is 7. The highest BCUT2D eigenvalue weighted by Gasteiger charge is 2.12. The minimum atomic E-state index is -3.44. The molecule has 7 nitrogen and oxygen atoms in total. The second-order valence-corrected chi connectivity index (χ2v) is 6.74. The summed E-state index contributed by atoms with van der Waals surface area (Å²) in [6.07, 6.45) is 3.58. The fourth-order valence-electron chi connectivity index (χ4n) is 2.04. The summed E-state index contributed by atoms with van der Waals surface area (Å²) < 4.78 is 50.7. The van der Waals surface area contributed by atoms with Gasteiger partial charge in [0.05, 0.1) is 6.26 Å². The van der Waals surface area contributed by atoms with Crippen molar-refractivity contribution in [3.63, 3.8) is 0 Å². The van der Waals surface area contributed by atoms with Crippen LogP contribution in [0.3, 0.4) is 0 Å². The van der Waals surface area contributed by atoms with Crippen LogP contribution in [0.2, 0.25) is 0 Å². The third-order valence-electron chi connectivity index (χ3n) is 3.02. The van der Waals surface area contributed by atoms with Crippen LogP contribution in [-0.2, 0) is 16.4 Å². The second kappa shape index (κ2) is 7.39. The molecule has 2 rings (SSSR count). The monoisotopic (exact) mass is 358 g/mol. The van der Waals surface area contributed by atoms with Gasteiger partial charge in [0.25, 0.3) is 5.91 Å². The molecule has 1 heterocycles. The molecule has 1 aromatic heterocycles. The summed E-state index contributed by atoms with van der Waals surface area (Å²) in [5, 5.41) is 2.58. The van der Waals surface area contributed by atoms with Crippen LogP contribution in [0.15, 0.2) is 36.7 Å². The van der Waals surface area contributed by atoms with E-state index in [-0.39, 0.29) is 30.0 Å². The number of benzene rings is 1. The predicted octanol–water partition coefficient (Wildman–Crippen LogP) is 1.62. The number of aromatic nitrogens is 2. The Kier molecular flexibility index (Phi) is 5.50. The van der Waals surface area contributed by atoms with Gasteiger partial charge < -0.3 is 5.32 Å². The van der Waals surface area contributed by atoms with Crippen molar-refractivity contribution in [3.05, 3.63) is 48.0 Å². The van der Waals surface area contributed by atoms with E-state index in [1.807, 2.05) is 0 Å². The Morgan fingerprint density at radius 2 is 2.12 bits per heavy atom. The molecule has 0 atom stereocenters. The Bertz CT molecular complexity index is 821. The number of hydrogen-bond donors (Lipinski definition) is 2. The number of hydrogen-bond acceptors (Lipinski definition) is 4. The quantitative estimate of drug-likeness (QED) is 0.787. The van der Waals surface area contributed by atoms with Crippen LogP contribution in [0, 0.1) is 0 Å². The molecule has 2 N–H and O–H groups in total. The first-order chi connectivity index (χ1) is 11.3. The van der Waals surface area contributed by atoms with Crippen molar-refractivity contribution in [2.24, 2.45) is 0 Å². The van der Waals surface area contributed by atoms with E-state index in [0.717, 1.165) is 10.8 Å². The summed E-state index contributed by atoms with van der Waals surface area (Å²) in [5.41, 5.74) is 0.513. The fraction of sp³-hybridized carbons (Fsp3) is 0.286. The molecule has 1 aromatic carbocycles. The van der Waals surface area contributed by atoms with Crippen LogP contribution in [-0.4, -0.2) is 36.7 Å². The summed E-state index contributed by atoms with van der Waals surface area (Å²) in [5.74, 6) is -0.278. The zero-order chi connectivity index (χ0) is 17.7. The standard InChI is InChI=1S/C14H16F2N4O3S/c1-24(22,23)19-11-4-2-3-10(9-11)13(21)18-6-5-12-17-7-8-20(12)14(15)16/h2-4,7-9,14,19H,5-6H2,1H3,(H,18,21). The Morgan fingerprint density at radius 1 is 1.38 bits per heavy atom. The SMILES string of the molecule is CS(=O)(=O)Nc1cccc(C(=O)NCCc2nccn2C(F)F)c1. The number of nitrogens with zero attached hydrogens (tertiary/aromatic N) is 2. The molecule has 0 saturated heterocycles. The first-order valence-electron chi connectivity index (χ1n) is 6.92. The zero-order valence-corrected chi connectivity index (χ0v) is 13.6. The predicted molar refractivity (Wildman–Crippen MR) is 84.4 cm³/mol. The van der Waals surface area contributed by atoms with Crippen molar-refractivity contribution in [1.82, 2.24) is 14.9 Å². The van der Waals surface area contributed by atoms with E-state index in [9.17, 15) is 22.0 Å². The van der Waals surface area contributed by atoms with E-state index in [1.54, 1.807) is 0 Å². The molecule has 0 radical (unpaired) electrons. The number of alkyl halides is 2. The molecule has 10 heteroatoms. The first-order valence-corrected chi connectivity index (χ1v) is 8.81. The highest BCUT2D eigenvalue weighted by molar-refractivity contribution is 7.92. The van der Waals surface area contributed by atoms with Gasteiger partial charge in [0.2, 0.25) is 10.0 Å². The van der Waals surface area contributed by atoms with Gasteiger partial charge in [0, 0.05) is 36.6 Å². The lowest BCUT2D eigenvalue weighted by Gasteiger charge is -2.09. The van der Waals surface area contributed by atoms with E-state index in [2.05, 4.69) is 15.0 Å². The van der Waals surface area contributed by atoms with Gasteiger partial charge in [-0.2, -0.15) is 8.78 Å². The van der Waals surface area contributed by atoms with Crippen molar-refractivity contribution < 1.29 is 22.0 Å². The summed E-state index contributed by atoms with van der Waals surface area (Å²) in [6.45, 7) is -2.57. The minimum Gasteiger partial charge on any atom is -0.352 e. The van der Waals surface area contributed by atoms with Crippen LogP contribution in [0.25, 0.3) is 0 Å². The van der Waals surface area contributed by atoms with Gasteiger partial charge in [0.1, 0.15) is 5.82 Å². The van der Waals surface area contributed by atoms with Crippen LogP contribution in [0.5, 0.6) is 0 Å². The maximum absolute atomic E-state index is 12.7. The normalized spacial score (nSPS) is 11.5. The molecule has 0 spiro atoms. The van der Waals surface area contributed by atoms with Crippen LogP contribution in [0.1, 0.15) is 22.7 Å². The van der Waals surface area contributed by atoms with Crippen molar-refractivity contribution >= 4 is 21.6 Å². The first kappa shape index (κ1) is 17.9. The Labute approximate surface area is 137 Å². The molecule has 0 aliphatic heterocycles. The number of carbonyl (C=O) groups is 1. The van der Waals surface area contributed by atoms with E-state index >= 15 is 0 Å². The summed E-state index contributed by atoms with van der Waals surface area (Å²) in [6, 6.07) is 5.95. The molecular formula is C14H16F2N4O3S. The van der Waals surface area contributed by atoms with Gasteiger partial charge in [-0.15, -0.1) is 0 Å². The van der Waals surface area contributed by atoms with Gasteiger partial charge >= 0.3 is 6.55 Å². The average Bonchev–Trinajstić information content (AvgIpc) is 2.94. The van der Waals surface area contributed by atoms with Crippen molar-refractivity contribution in [3.8, 4) is 0 Å². The lowest BCUT2D eigenvalue weighted by Crippen LogP contribution is -2.26. The van der Waals surface area contributed by atoms with Crippen molar-refractivity contribution in [2.75, 3.05) is 17.5 Å². The van der Waals surface area contributed by atoms with Crippen molar-refractivity contribution in [2.45, 2.75) is 13.0 Å². The van der Waals surface area contributed by atoms with E-state index in [0.29, 0.717) is 0 Å². The van der Waals surface area contributed by atoms with E-state index in [1.165, 1.54) is 36.7 Å². The van der Waals surface area contributed by atoms with Gasteiger partial charge in [-0.05, 0) is 18.2 Å². The summed E-state index contributed by atoms with van der Waals surface area (Å²) in [4.78, 5) is 15.9. The average molecular weight is 358 g/mol. The van der Waals surface area contributed by atoms with E-state index < -0.39 is 22.5 Å². The molecule has 24 heavy (non-hydrogen) atoms. The van der Waals surface area contributed by atoms with Gasteiger partial charge in [0.15, 0.2) is 0 Å². The molecule has 1 amide bonds. The Morgan fingerprint density at radius 3 is 2.79 bits per heavy atom. The van der Waals surface area contributed by atoms with Gasteiger partial charge in [-0.1, -0.05) is 6.07 Å². The maximum atomic E-state index is 12.7. The molecule has 0 bridgehead atoms. The molecular weight excluding hydrogens is 342 g/mol. The fourth-order valence-corrected chi connectivity index (χ4v) is 2.60. The minimum absolute atomic E-state index is 0.117. The molecule has 0 saturated carbocycles. The largest absolute Gasteiger partial charge is 0.352 e. The van der Waals surface area contributed by atoms with Crippen LogP contribution >= 0.6 is 0 Å². The number of nitrogens with one attached hydrogen (secondary N) is 2. The maximum Gasteiger partial charge on any atom is 0.319 e. The molecule has 130 valence electrons. The summed E-state index contributed by atoms with van der Waals surface area (Å²) >= 11 is 0. The Balaban J connectivity index is 1.95. The van der Waals surface area contributed by atoms with Gasteiger partial charge in [-0.3, -0.25) is 14.1 Å². The highest BCUT2D eigenvalue weighted by atomic mass is 32.2. The van der Waals surface area contributed by atoms with Crippen molar-refractivity contribution in [1.29, 1.82) is 0 Å². The smallest absolute Gasteiger partial charge is 0.319 e. The molecule has 0 aliphatic carbocycles. The molecule has 0 fully saturated rings. The lowest BCUT2D eigenvalue weighted by molar-refractivity contribution is 0.0670. The van der Waals surface area contributed by atoms with Gasteiger partial charge in [-0.25, -0.2) is 13.4 Å². The number of halogens is 2. The third-order valence-corrected chi connectivity index (χ3v) is 3.63. The Hall–Kier alpha value is -2.49. The van der Waals surface area contributed by atoms with Crippen LogP contribution < -0.4 is 10.0 Å². The number of carbonyl (C=O) groups excluding carboxylic acids is 1. The highest BCUT2D eigenvalue weighted by Crippen LogP contribution is 2.13. The number of anilines is 1. The number of sulfonamides is 1. The lowest BCUT2D eigenvalue weighted by atomic mass is 10.2. The second-order valence-electron chi connectivity index (χ2n) is 4.99. The third kappa shape index (κ3) is 5.01. The van der Waals surface area contributed by atoms with E-state index in [4.69, 9.17) is 0 Å². The van der Waals surface area contributed by atoms with Crippen LogP contribution in [0.4, 0.5) is 14.5 Å². The number of amides is 1. The zero-order valence-electron chi connectivity index (χ0n) is 12.7. The molecule has 2 aromatic rings. The topological polar surface area (TPSA) is 93.1 Å². The number of imidazole rings is 1. The summed E-state index contributed by atoms with van der Waals surface area (Å²) in [7, 11) is -3.44. The molecule has 0 aliphatic rings. The molecule has 0 unspecified atom stereocenters.